The Labute approximate surface area is 47.5 Å². The van der Waals surface area contributed by atoms with Crippen LogP contribution < -0.4 is 0 Å². The molecule has 0 bridgehead atoms. The van der Waals surface area contributed by atoms with Gasteiger partial charge in [-0.15, -0.1) is 0 Å². The van der Waals surface area contributed by atoms with Crippen LogP contribution in [0.3, 0.4) is 0 Å². The molecule has 0 spiro atoms. The van der Waals surface area contributed by atoms with Crippen molar-refractivity contribution in [2.75, 3.05) is 0 Å². The Morgan fingerprint density at radius 3 is 1.25 bits per heavy atom. The van der Waals surface area contributed by atoms with E-state index in [9.17, 15) is 0 Å². The van der Waals surface area contributed by atoms with Crippen molar-refractivity contribution in [3.05, 3.63) is 0 Å². The Balaban J connectivity index is 0. The van der Waals surface area contributed by atoms with E-state index in [1.807, 2.05) is 0 Å². The zero-order chi connectivity index (χ0) is 4.00. The molecule has 0 amide bonds. The molecule has 0 unspecified atom stereocenters. The second-order valence-electron chi connectivity index (χ2n) is 0. The second-order valence-corrected chi connectivity index (χ2v) is 0. The summed E-state index contributed by atoms with van der Waals surface area (Å²) >= 11 is 1.35. The first kappa shape index (κ1) is 8.98. The molecule has 0 fully saturated rings. The minimum Gasteiger partial charge on any atom is -0.0125 e. The van der Waals surface area contributed by atoms with Crippen molar-refractivity contribution in [2.24, 2.45) is 0 Å². The van der Waals surface area contributed by atoms with Crippen molar-refractivity contribution in [2.45, 2.75) is 4.87 Å². The molecule has 0 heterocycles. The van der Waals surface area contributed by atoms with E-state index in [2.05, 4.69) is 4.87 Å². The van der Waals surface area contributed by atoms with E-state index in [0.29, 0.717) is 0 Å². The molecule has 0 aromatic rings. The maximum atomic E-state index is 2.13. The zero-order valence-corrected chi connectivity index (χ0v) is 10.9. The Bertz CT molecular complexity index is 6.00. The number of hydrogen-bond donors (Lipinski definition) is 0. The normalized spacial score (nSPS) is 4.50. The molecule has 0 radical (unpaired) electrons. The third-order valence-electron chi connectivity index (χ3n) is 0. The molecule has 0 atom stereocenters. The van der Waals surface area contributed by atoms with E-state index in [-0.39, 0.29) is 0 Å². The molecule has 0 aliphatic heterocycles. The summed E-state index contributed by atoms with van der Waals surface area (Å²) in [4.78, 5) is 2.13. The van der Waals surface area contributed by atoms with Gasteiger partial charge in [0.05, 0.1) is 0 Å². The van der Waals surface area contributed by atoms with Crippen LogP contribution in [0, 0.1) is 0 Å². The van der Waals surface area contributed by atoms with Crippen LogP contribution in [0.2, 0.25) is 4.87 Å². The molecule has 0 aromatic carbocycles. The topological polar surface area (TPSA) is 0 Å². The monoisotopic (exact) mass is 200 g/mol. The molecule has 4 heavy (non-hydrogen) atoms. The minimum absolute atomic E-state index is 1.35. The van der Waals surface area contributed by atoms with Crippen LogP contribution in [0.4, 0.5) is 0 Å². The Kier molecular flexibility index (Phi) is 64.4. The van der Waals surface area contributed by atoms with Crippen LogP contribution in [0.25, 0.3) is 0 Å². The van der Waals surface area contributed by atoms with E-state index >= 15 is 0 Å². The third-order valence-corrected chi connectivity index (χ3v) is 0. The smallest absolute Gasteiger partial charge is 0.0125 e. The van der Waals surface area contributed by atoms with Crippen molar-refractivity contribution in [3.8, 4) is 0 Å². The summed E-state index contributed by atoms with van der Waals surface area (Å²) in [5.41, 5.74) is 0. The van der Waals surface area contributed by atoms with Crippen LogP contribution in [0.5, 0.6) is 0 Å². The van der Waals surface area contributed by atoms with Crippen molar-refractivity contribution in [1.82, 2.24) is 0 Å². The molecule has 0 rings (SSSR count). The molecule has 0 aliphatic carbocycles. The molecule has 0 saturated heterocycles. The minimum atomic E-state index is 1.35. The van der Waals surface area contributed by atoms with Gasteiger partial charge in [-0.1, -0.05) is 0 Å². The largest absolute Gasteiger partial charge is 0.0125 e. The molecular weight excluding hydrogens is 190 g/mol. The van der Waals surface area contributed by atoms with Crippen molar-refractivity contribution in [3.63, 3.8) is 0 Å². The summed E-state index contributed by atoms with van der Waals surface area (Å²) < 4.78 is 0. The second kappa shape index (κ2) is 28.7. The Hall–Kier alpha value is 1.25. The van der Waals surface area contributed by atoms with Gasteiger partial charge in [-0.2, -0.15) is 0 Å². The molecule has 0 N–H and O–H groups in total. The van der Waals surface area contributed by atoms with Gasteiger partial charge < -0.3 is 0 Å². The van der Waals surface area contributed by atoms with E-state index in [1.54, 1.807) is 0 Å². The van der Waals surface area contributed by atoms with Gasteiger partial charge in [0.15, 0.2) is 0 Å². The maximum Gasteiger partial charge on any atom is -0.0125 e. The molecule has 0 aromatic heterocycles. The van der Waals surface area contributed by atoms with Gasteiger partial charge in [0.25, 0.3) is 0 Å². The van der Waals surface area contributed by atoms with Gasteiger partial charge in [0.2, 0.25) is 0 Å². The SMILES string of the molecule is [CH3][SbH2].[SiH3][SiH3]. The van der Waals surface area contributed by atoms with E-state index in [1.165, 1.54) is 42.5 Å². The summed E-state index contributed by atoms with van der Waals surface area (Å²) in [7, 11) is 2.89. The average Bonchev–Trinajstić information content (AvgIpc) is 1.50. The van der Waals surface area contributed by atoms with E-state index in [0.717, 1.165) is 0 Å². The van der Waals surface area contributed by atoms with Crippen LogP contribution in [0.1, 0.15) is 0 Å². The summed E-state index contributed by atoms with van der Waals surface area (Å²) in [5.74, 6) is 0. The van der Waals surface area contributed by atoms with Gasteiger partial charge in [0.1, 0.15) is 0 Å². The van der Waals surface area contributed by atoms with Crippen molar-refractivity contribution < 1.29 is 0 Å². The van der Waals surface area contributed by atoms with Crippen molar-refractivity contribution in [1.29, 1.82) is 0 Å². The van der Waals surface area contributed by atoms with Gasteiger partial charge in [-0.05, 0) is 19.5 Å². The fourth-order valence-corrected chi connectivity index (χ4v) is 0. The van der Waals surface area contributed by atoms with Gasteiger partial charge in [-0.25, -0.2) is 0 Å². The Morgan fingerprint density at radius 1 is 1.25 bits per heavy atom. The zero-order valence-electron chi connectivity index (χ0n) is 3.58. The predicted octanol–water partition coefficient (Wildman–Crippen LogP) is -2.70. The van der Waals surface area contributed by atoms with Crippen molar-refractivity contribution >= 4 is 42.5 Å². The Morgan fingerprint density at radius 2 is 1.25 bits per heavy atom. The average molecular weight is 201 g/mol. The van der Waals surface area contributed by atoms with Crippen LogP contribution >= 0.6 is 0 Å². The first-order valence-corrected chi connectivity index (χ1v) is 12.9. The first-order valence-electron chi connectivity index (χ1n) is 1.58. The van der Waals surface area contributed by atoms with Crippen LogP contribution in [-0.2, 0) is 0 Å². The fraction of sp³-hybridized carbons (Fsp3) is 1.00. The van der Waals surface area contributed by atoms with Gasteiger partial charge in [-0.3, -0.25) is 0 Å². The van der Waals surface area contributed by atoms with Crippen LogP contribution in [0.15, 0.2) is 0 Å². The summed E-state index contributed by atoms with van der Waals surface area (Å²) in [6.07, 6.45) is 0. The molecule has 0 nitrogen and oxygen atoms in total. The van der Waals surface area contributed by atoms with E-state index in [4.69, 9.17) is 0 Å². The number of hydrogen-bond acceptors (Lipinski definition) is 0. The first-order chi connectivity index (χ1) is 2.00. The fourth-order valence-electron chi connectivity index (χ4n) is 0. The maximum absolute atomic E-state index is 2.13. The van der Waals surface area contributed by atoms with E-state index < -0.39 is 0 Å². The predicted molar refractivity (Wildman–Crippen MR) is 34.3 cm³/mol. The standard InChI is InChI=1S/CH3.Sb.H6Si2.2H/c;;1-2;;/h1H3;;1-2H3;;. The molecule has 0 aliphatic rings. The third kappa shape index (κ3) is 10.5. The number of rotatable bonds is 0. The molecule has 28 valence electrons. The molecular formula is CH11SbSi2. The summed E-state index contributed by atoms with van der Waals surface area (Å²) in [6.45, 7) is 0. The molecule has 0 saturated carbocycles. The van der Waals surface area contributed by atoms with Gasteiger partial charge in [0, 0.05) is 0 Å². The van der Waals surface area contributed by atoms with Crippen LogP contribution in [-0.4, -0.2) is 42.5 Å². The molecule has 3 heteroatoms. The summed E-state index contributed by atoms with van der Waals surface area (Å²) in [6, 6.07) is 0. The quantitative estimate of drug-likeness (QED) is 0.374. The summed E-state index contributed by atoms with van der Waals surface area (Å²) in [5, 5.41) is 0. The van der Waals surface area contributed by atoms with Gasteiger partial charge >= 0.3 is 27.9 Å².